The molecule has 0 spiro atoms. The molecule has 6 heteroatoms. The molecule has 2 aromatic carbocycles. The molecule has 0 bridgehead atoms. The van der Waals surface area contributed by atoms with Gasteiger partial charge in [-0.15, -0.1) is 0 Å². The number of ether oxygens (including phenoxy) is 2. The Balaban J connectivity index is 1.68. The lowest BCUT2D eigenvalue weighted by molar-refractivity contribution is -0.115. The first-order valence-electron chi connectivity index (χ1n) is 8.71. The molecule has 0 radical (unpaired) electrons. The Bertz CT molecular complexity index is 989. The van der Waals surface area contributed by atoms with E-state index in [4.69, 9.17) is 13.9 Å². The minimum atomic E-state index is -0.159. The van der Waals surface area contributed by atoms with Gasteiger partial charge in [-0.1, -0.05) is 6.07 Å². The summed E-state index contributed by atoms with van der Waals surface area (Å²) in [5.41, 5.74) is 2.79. The molecule has 1 aromatic heterocycles. The van der Waals surface area contributed by atoms with Gasteiger partial charge in [0.15, 0.2) is 6.29 Å². The quantitative estimate of drug-likeness (QED) is 0.621. The first-order chi connectivity index (χ1) is 13.5. The summed E-state index contributed by atoms with van der Waals surface area (Å²) in [5.74, 6) is 2.30. The lowest BCUT2D eigenvalue weighted by Crippen LogP contribution is -2.14. The smallest absolute Gasteiger partial charge is 0.228 e. The van der Waals surface area contributed by atoms with E-state index in [0.717, 1.165) is 17.4 Å². The molecule has 0 aliphatic heterocycles. The van der Waals surface area contributed by atoms with Crippen molar-refractivity contribution < 1.29 is 23.5 Å². The summed E-state index contributed by atoms with van der Waals surface area (Å²) in [4.78, 5) is 23.3. The average Bonchev–Trinajstić information content (AvgIpc) is 3.09. The summed E-state index contributed by atoms with van der Waals surface area (Å²) in [6.45, 7) is 1.75. The van der Waals surface area contributed by atoms with Crippen LogP contribution < -0.4 is 14.8 Å². The minimum absolute atomic E-state index is 0.159. The van der Waals surface area contributed by atoms with Gasteiger partial charge in [-0.3, -0.25) is 9.59 Å². The number of hydrogen-bond acceptors (Lipinski definition) is 5. The minimum Gasteiger partial charge on any atom is -0.497 e. The number of hydrogen-bond donors (Lipinski definition) is 1. The van der Waals surface area contributed by atoms with E-state index in [1.807, 2.05) is 18.2 Å². The fourth-order valence-electron chi connectivity index (χ4n) is 2.85. The van der Waals surface area contributed by atoms with E-state index in [9.17, 15) is 9.59 Å². The summed E-state index contributed by atoms with van der Waals surface area (Å²) < 4.78 is 16.1. The van der Waals surface area contributed by atoms with Crippen LogP contribution in [0, 0.1) is 6.92 Å². The molecule has 6 nitrogen and oxygen atoms in total. The molecule has 144 valence electrons. The largest absolute Gasteiger partial charge is 0.497 e. The monoisotopic (exact) mass is 379 g/mol. The van der Waals surface area contributed by atoms with Crippen LogP contribution in [-0.4, -0.2) is 26.4 Å². The maximum atomic E-state index is 12.4. The van der Waals surface area contributed by atoms with Crippen molar-refractivity contribution >= 4 is 17.9 Å². The van der Waals surface area contributed by atoms with Crippen molar-refractivity contribution in [2.45, 2.75) is 13.3 Å². The van der Waals surface area contributed by atoms with Gasteiger partial charge in [-0.2, -0.15) is 0 Å². The van der Waals surface area contributed by atoms with Crippen LogP contribution in [0.3, 0.4) is 0 Å². The molecule has 0 saturated carbocycles. The third-order valence-corrected chi connectivity index (χ3v) is 4.38. The molecule has 3 aromatic rings. The molecule has 28 heavy (non-hydrogen) atoms. The number of methoxy groups -OCH3 is 2. The second-order valence-corrected chi connectivity index (χ2v) is 6.22. The van der Waals surface area contributed by atoms with Gasteiger partial charge in [-0.25, -0.2) is 0 Å². The normalized spacial score (nSPS) is 10.4. The first-order valence-corrected chi connectivity index (χ1v) is 8.71. The molecule has 1 N–H and O–H groups in total. The zero-order valence-corrected chi connectivity index (χ0v) is 15.9. The topological polar surface area (TPSA) is 77.8 Å². The van der Waals surface area contributed by atoms with Crippen LogP contribution in [0.2, 0.25) is 0 Å². The molecule has 0 unspecified atom stereocenters. The molecule has 0 aliphatic rings. The van der Waals surface area contributed by atoms with Gasteiger partial charge < -0.3 is 19.2 Å². The van der Waals surface area contributed by atoms with E-state index in [0.29, 0.717) is 34.3 Å². The van der Waals surface area contributed by atoms with Crippen molar-refractivity contribution in [2.24, 2.45) is 0 Å². The van der Waals surface area contributed by atoms with Crippen molar-refractivity contribution in [1.82, 2.24) is 0 Å². The van der Waals surface area contributed by atoms with Crippen LogP contribution in [0.4, 0.5) is 5.69 Å². The Morgan fingerprint density at radius 1 is 1.07 bits per heavy atom. The highest BCUT2D eigenvalue weighted by Gasteiger charge is 2.12. The number of carbonyl (C=O) groups is 2. The molecular formula is C22H21NO5. The second-order valence-electron chi connectivity index (χ2n) is 6.22. The number of furan rings is 1. The van der Waals surface area contributed by atoms with Crippen LogP contribution >= 0.6 is 0 Å². The zero-order chi connectivity index (χ0) is 20.1. The standard InChI is InChI=1S/C22H21NO5/c1-14-17(13-24)10-21(28-14)15-4-7-18(8-5-15)23-22(25)11-16-6-9-19(26-2)12-20(16)27-3/h4-10,12-13H,11H2,1-3H3,(H,23,25). The Morgan fingerprint density at radius 2 is 1.82 bits per heavy atom. The Kier molecular flexibility index (Phi) is 5.79. The summed E-state index contributed by atoms with van der Waals surface area (Å²) in [5, 5.41) is 2.86. The maximum absolute atomic E-state index is 12.4. The number of carbonyl (C=O) groups excluding carboxylic acids is 2. The Labute approximate surface area is 163 Å². The fourth-order valence-corrected chi connectivity index (χ4v) is 2.85. The van der Waals surface area contributed by atoms with Gasteiger partial charge in [0.25, 0.3) is 0 Å². The van der Waals surface area contributed by atoms with E-state index in [1.54, 1.807) is 51.5 Å². The van der Waals surface area contributed by atoms with Gasteiger partial charge in [0.2, 0.25) is 5.91 Å². The van der Waals surface area contributed by atoms with Crippen LogP contribution in [0.1, 0.15) is 21.7 Å². The molecule has 0 atom stereocenters. The number of nitrogens with one attached hydrogen (secondary N) is 1. The molecule has 1 amide bonds. The first kappa shape index (κ1) is 19.2. The summed E-state index contributed by atoms with van der Waals surface area (Å²) in [7, 11) is 3.13. The molecule has 0 aliphatic carbocycles. The Morgan fingerprint density at radius 3 is 2.43 bits per heavy atom. The zero-order valence-electron chi connectivity index (χ0n) is 15.9. The van der Waals surface area contributed by atoms with Crippen LogP contribution in [0.5, 0.6) is 11.5 Å². The third-order valence-electron chi connectivity index (χ3n) is 4.38. The fraction of sp³-hybridized carbons (Fsp3) is 0.182. The summed E-state index contributed by atoms with van der Waals surface area (Å²) in [6.07, 6.45) is 0.944. The second kappa shape index (κ2) is 8.43. The summed E-state index contributed by atoms with van der Waals surface area (Å²) >= 11 is 0. The van der Waals surface area contributed by atoms with Gasteiger partial charge in [0, 0.05) is 22.9 Å². The number of aryl methyl sites for hydroxylation is 1. The lowest BCUT2D eigenvalue weighted by atomic mass is 10.1. The van der Waals surface area contributed by atoms with Crippen molar-refractivity contribution in [2.75, 3.05) is 19.5 Å². The average molecular weight is 379 g/mol. The van der Waals surface area contributed by atoms with Crippen LogP contribution in [0.25, 0.3) is 11.3 Å². The highest BCUT2D eigenvalue weighted by Crippen LogP contribution is 2.27. The van der Waals surface area contributed by atoms with E-state index < -0.39 is 0 Å². The van der Waals surface area contributed by atoms with E-state index in [2.05, 4.69) is 5.32 Å². The predicted octanol–water partition coefficient (Wildman–Crippen LogP) is 4.27. The van der Waals surface area contributed by atoms with Crippen molar-refractivity contribution in [3.63, 3.8) is 0 Å². The van der Waals surface area contributed by atoms with Gasteiger partial charge in [-0.05, 0) is 43.3 Å². The van der Waals surface area contributed by atoms with Gasteiger partial charge in [0.05, 0.1) is 26.2 Å². The lowest BCUT2D eigenvalue weighted by Gasteiger charge is -2.11. The van der Waals surface area contributed by atoms with Crippen molar-refractivity contribution in [3.05, 3.63) is 65.4 Å². The number of benzene rings is 2. The van der Waals surface area contributed by atoms with E-state index in [1.165, 1.54) is 0 Å². The Hall–Kier alpha value is -3.54. The number of amides is 1. The van der Waals surface area contributed by atoms with E-state index >= 15 is 0 Å². The SMILES string of the molecule is COc1ccc(CC(=O)Nc2ccc(-c3cc(C=O)c(C)o3)cc2)c(OC)c1. The van der Waals surface area contributed by atoms with Crippen molar-refractivity contribution in [1.29, 1.82) is 0 Å². The van der Waals surface area contributed by atoms with Gasteiger partial charge in [0.1, 0.15) is 23.0 Å². The van der Waals surface area contributed by atoms with Gasteiger partial charge >= 0.3 is 0 Å². The van der Waals surface area contributed by atoms with Crippen molar-refractivity contribution in [3.8, 4) is 22.8 Å². The highest BCUT2D eigenvalue weighted by molar-refractivity contribution is 5.93. The molecule has 0 saturated heterocycles. The molecular weight excluding hydrogens is 358 g/mol. The van der Waals surface area contributed by atoms with Crippen LogP contribution in [0.15, 0.2) is 52.9 Å². The predicted molar refractivity (Wildman–Crippen MR) is 106 cm³/mol. The molecule has 0 fully saturated rings. The number of rotatable bonds is 7. The van der Waals surface area contributed by atoms with Crippen LogP contribution in [-0.2, 0) is 11.2 Å². The number of aldehydes is 1. The summed E-state index contributed by atoms with van der Waals surface area (Å²) in [6, 6.07) is 14.3. The number of anilines is 1. The maximum Gasteiger partial charge on any atom is 0.228 e. The third kappa shape index (κ3) is 4.23. The van der Waals surface area contributed by atoms with E-state index in [-0.39, 0.29) is 12.3 Å². The highest BCUT2D eigenvalue weighted by atomic mass is 16.5. The molecule has 1 heterocycles. The molecule has 3 rings (SSSR count).